The number of benzene rings is 3. The van der Waals surface area contributed by atoms with Crippen molar-refractivity contribution in [3.8, 4) is 0 Å². The van der Waals surface area contributed by atoms with Gasteiger partial charge in [-0.3, -0.25) is 9.59 Å². The Balaban J connectivity index is 1.57. The van der Waals surface area contributed by atoms with E-state index in [1.807, 2.05) is 73.7 Å². The molecule has 0 spiro atoms. The van der Waals surface area contributed by atoms with Gasteiger partial charge in [0.05, 0.1) is 6.04 Å². The molecule has 3 rings (SSSR count). The van der Waals surface area contributed by atoms with Gasteiger partial charge in [0, 0.05) is 22.7 Å². The third-order valence-electron chi connectivity index (χ3n) is 4.64. The van der Waals surface area contributed by atoms with Crippen LogP contribution in [0.3, 0.4) is 0 Å². The quantitative estimate of drug-likeness (QED) is 0.551. The number of hydrogen-bond acceptors (Lipinski definition) is 2. The van der Waals surface area contributed by atoms with E-state index in [1.54, 1.807) is 12.1 Å². The van der Waals surface area contributed by atoms with Crippen molar-refractivity contribution in [1.82, 2.24) is 5.32 Å². The van der Waals surface area contributed by atoms with E-state index in [4.69, 9.17) is 11.6 Å². The maximum atomic E-state index is 12.3. The molecule has 2 N–H and O–H groups in total. The Morgan fingerprint density at radius 1 is 0.931 bits per heavy atom. The van der Waals surface area contributed by atoms with Crippen molar-refractivity contribution >= 4 is 29.1 Å². The summed E-state index contributed by atoms with van der Waals surface area (Å²) in [7, 11) is 0. The molecule has 0 aliphatic rings. The van der Waals surface area contributed by atoms with Gasteiger partial charge < -0.3 is 10.6 Å². The predicted octanol–water partition coefficient (Wildman–Crippen LogP) is 5.40. The lowest BCUT2D eigenvalue weighted by molar-refractivity contribution is -0.121. The Labute approximate surface area is 175 Å². The number of nitrogens with one attached hydrogen (secondary N) is 2. The van der Waals surface area contributed by atoms with Crippen molar-refractivity contribution in [2.24, 2.45) is 0 Å². The van der Waals surface area contributed by atoms with E-state index in [2.05, 4.69) is 10.6 Å². The first kappa shape index (κ1) is 20.6. The van der Waals surface area contributed by atoms with Crippen molar-refractivity contribution in [3.05, 3.63) is 101 Å². The standard InChI is InChI=1S/C24H23ClN2O2/c1-17(26-23(28)15-14-18-8-5-6-13-22(18)25)20-11-7-12-21(16-20)27-24(29)19-9-3-2-4-10-19/h2-13,16-17H,14-15H2,1H3,(H,26,28)(H,27,29). The summed E-state index contributed by atoms with van der Waals surface area (Å²) in [5.74, 6) is -0.213. The van der Waals surface area contributed by atoms with Crippen LogP contribution in [0, 0.1) is 0 Å². The first-order valence-corrected chi connectivity index (χ1v) is 9.90. The lowest BCUT2D eigenvalue weighted by atomic mass is 10.1. The van der Waals surface area contributed by atoms with E-state index < -0.39 is 0 Å². The van der Waals surface area contributed by atoms with Crippen LogP contribution in [0.25, 0.3) is 0 Å². The van der Waals surface area contributed by atoms with Crippen LogP contribution < -0.4 is 10.6 Å². The molecule has 0 saturated carbocycles. The summed E-state index contributed by atoms with van der Waals surface area (Å²) >= 11 is 6.15. The molecule has 0 bridgehead atoms. The summed E-state index contributed by atoms with van der Waals surface area (Å²) in [6.45, 7) is 1.92. The van der Waals surface area contributed by atoms with Crippen molar-refractivity contribution < 1.29 is 9.59 Å². The third-order valence-corrected chi connectivity index (χ3v) is 5.01. The largest absolute Gasteiger partial charge is 0.350 e. The van der Waals surface area contributed by atoms with E-state index in [1.165, 1.54) is 0 Å². The number of carbonyl (C=O) groups excluding carboxylic acids is 2. The van der Waals surface area contributed by atoms with E-state index in [9.17, 15) is 9.59 Å². The lowest BCUT2D eigenvalue weighted by Crippen LogP contribution is -2.27. The second-order valence-electron chi connectivity index (χ2n) is 6.83. The first-order valence-electron chi connectivity index (χ1n) is 9.52. The molecule has 0 fully saturated rings. The zero-order valence-electron chi connectivity index (χ0n) is 16.2. The smallest absolute Gasteiger partial charge is 0.255 e. The molecule has 29 heavy (non-hydrogen) atoms. The highest BCUT2D eigenvalue weighted by atomic mass is 35.5. The van der Waals surface area contributed by atoms with Gasteiger partial charge in [-0.1, -0.05) is 60.1 Å². The normalized spacial score (nSPS) is 11.5. The van der Waals surface area contributed by atoms with Gasteiger partial charge in [-0.15, -0.1) is 0 Å². The number of carbonyl (C=O) groups is 2. The van der Waals surface area contributed by atoms with Gasteiger partial charge in [0.2, 0.25) is 5.91 Å². The zero-order valence-corrected chi connectivity index (χ0v) is 16.9. The second-order valence-corrected chi connectivity index (χ2v) is 7.23. The molecule has 1 atom stereocenters. The summed E-state index contributed by atoms with van der Waals surface area (Å²) in [4.78, 5) is 24.7. The molecular weight excluding hydrogens is 384 g/mol. The molecule has 0 aliphatic carbocycles. The molecule has 2 amide bonds. The third kappa shape index (κ3) is 5.93. The summed E-state index contributed by atoms with van der Waals surface area (Å²) in [6.07, 6.45) is 0.948. The Hall–Kier alpha value is -3.11. The molecule has 0 radical (unpaired) electrons. The van der Waals surface area contributed by atoms with Gasteiger partial charge in [-0.2, -0.15) is 0 Å². The van der Waals surface area contributed by atoms with Crippen LogP contribution in [0.5, 0.6) is 0 Å². The molecule has 4 nitrogen and oxygen atoms in total. The highest BCUT2D eigenvalue weighted by Crippen LogP contribution is 2.19. The molecule has 0 aliphatic heterocycles. The van der Waals surface area contributed by atoms with Crippen LogP contribution >= 0.6 is 11.6 Å². The second kappa shape index (κ2) is 9.89. The van der Waals surface area contributed by atoms with Crippen LogP contribution in [0.4, 0.5) is 5.69 Å². The SMILES string of the molecule is CC(NC(=O)CCc1ccccc1Cl)c1cccc(NC(=O)c2ccccc2)c1. The number of aryl methyl sites for hydroxylation is 1. The molecule has 1 unspecified atom stereocenters. The fourth-order valence-corrected chi connectivity index (χ4v) is 3.26. The van der Waals surface area contributed by atoms with Crippen LogP contribution in [0.1, 0.15) is 40.9 Å². The summed E-state index contributed by atoms with van der Waals surface area (Å²) < 4.78 is 0. The minimum Gasteiger partial charge on any atom is -0.350 e. The van der Waals surface area contributed by atoms with Crippen LogP contribution in [-0.2, 0) is 11.2 Å². The average Bonchev–Trinajstić information content (AvgIpc) is 2.74. The van der Waals surface area contributed by atoms with Gasteiger partial charge >= 0.3 is 0 Å². The van der Waals surface area contributed by atoms with E-state index in [-0.39, 0.29) is 17.9 Å². The van der Waals surface area contributed by atoms with Crippen LogP contribution in [0.2, 0.25) is 5.02 Å². The number of rotatable bonds is 7. The van der Waals surface area contributed by atoms with Gasteiger partial charge in [0.1, 0.15) is 0 Å². The average molecular weight is 407 g/mol. The molecule has 5 heteroatoms. The molecule has 0 saturated heterocycles. The van der Waals surface area contributed by atoms with Gasteiger partial charge in [0.15, 0.2) is 0 Å². The van der Waals surface area contributed by atoms with Crippen LogP contribution in [-0.4, -0.2) is 11.8 Å². The number of hydrogen-bond donors (Lipinski definition) is 2. The maximum absolute atomic E-state index is 12.3. The van der Waals surface area contributed by atoms with Crippen molar-refractivity contribution in [2.75, 3.05) is 5.32 Å². The summed E-state index contributed by atoms with van der Waals surface area (Å²) in [5, 5.41) is 6.57. The fourth-order valence-electron chi connectivity index (χ4n) is 3.02. The summed E-state index contributed by atoms with van der Waals surface area (Å²) in [5.41, 5.74) is 3.16. The van der Waals surface area contributed by atoms with Gasteiger partial charge in [0.25, 0.3) is 5.91 Å². The lowest BCUT2D eigenvalue weighted by Gasteiger charge is -2.16. The molecular formula is C24H23ClN2O2. The zero-order chi connectivity index (χ0) is 20.6. The van der Waals surface area contributed by atoms with Gasteiger partial charge in [-0.05, 0) is 54.8 Å². The summed E-state index contributed by atoms with van der Waals surface area (Å²) in [6, 6.07) is 23.9. The predicted molar refractivity (Wildman–Crippen MR) is 117 cm³/mol. The van der Waals surface area contributed by atoms with Crippen LogP contribution in [0.15, 0.2) is 78.9 Å². The minimum atomic E-state index is -0.178. The van der Waals surface area contributed by atoms with E-state index in [0.717, 1.165) is 11.1 Å². The van der Waals surface area contributed by atoms with Crippen molar-refractivity contribution in [3.63, 3.8) is 0 Å². The maximum Gasteiger partial charge on any atom is 0.255 e. The Morgan fingerprint density at radius 3 is 2.41 bits per heavy atom. The molecule has 3 aromatic rings. The monoisotopic (exact) mass is 406 g/mol. The molecule has 148 valence electrons. The fraction of sp³-hybridized carbons (Fsp3) is 0.167. The molecule has 3 aromatic carbocycles. The highest BCUT2D eigenvalue weighted by Gasteiger charge is 2.12. The Bertz CT molecular complexity index is 989. The molecule has 0 aromatic heterocycles. The number of anilines is 1. The number of halogens is 1. The van der Waals surface area contributed by atoms with E-state index >= 15 is 0 Å². The Kier molecular flexibility index (Phi) is 7.04. The van der Waals surface area contributed by atoms with E-state index in [0.29, 0.717) is 29.1 Å². The topological polar surface area (TPSA) is 58.2 Å². The molecule has 0 heterocycles. The minimum absolute atomic E-state index is 0.0452. The van der Waals surface area contributed by atoms with Crippen molar-refractivity contribution in [2.45, 2.75) is 25.8 Å². The Morgan fingerprint density at radius 2 is 1.66 bits per heavy atom. The first-order chi connectivity index (χ1) is 14.0. The van der Waals surface area contributed by atoms with Gasteiger partial charge in [-0.25, -0.2) is 0 Å². The highest BCUT2D eigenvalue weighted by molar-refractivity contribution is 6.31. The number of amides is 2. The van der Waals surface area contributed by atoms with Crippen molar-refractivity contribution in [1.29, 1.82) is 0 Å².